The molecule has 3 rings (SSSR count). The van der Waals surface area contributed by atoms with Gasteiger partial charge in [-0.05, 0) is 49.6 Å². The summed E-state index contributed by atoms with van der Waals surface area (Å²) in [5.74, 6) is 1.79. The zero-order valence-corrected chi connectivity index (χ0v) is 19.4. The molecule has 2 N–H and O–H groups in total. The number of pyridine rings is 1. The molecule has 1 aromatic carbocycles. The van der Waals surface area contributed by atoms with Crippen molar-refractivity contribution in [2.75, 3.05) is 31.6 Å². The van der Waals surface area contributed by atoms with Gasteiger partial charge in [-0.2, -0.15) is 0 Å². The van der Waals surface area contributed by atoms with Crippen molar-refractivity contribution in [2.45, 2.75) is 32.9 Å². The number of anilines is 1. The van der Waals surface area contributed by atoms with Gasteiger partial charge >= 0.3 is 0 Å². The first-order chi connectivity index (χ1) is 13.6. The summed E-state index contributed by atoms with van der Waals surface area (Å²) < 4.78 is 19.3. The molecule has 0 saturated carbocycles. The van der Waals surface area contributed by atoms with Crippen molar-refractivity contribution in [3.05, 3.63) is 53.5 Å². The highest BCUT2D eigenvalue weighted by Crippen LogP contribution is 2.21. The Bertz CT molecular complexity index is 832. The zero-order valence-electron chi connectivity index (χ0n) is 17.1. The van der Waals surface area contributed by atoms with E-state index in [-0.39, 0.29) is 35.8 Å². The van der Waals surface area contributed by atoms with E-state index in [0.717, 1.165) is 42.3 Å². The van der Waals surface area contributed by atoms with Crippen LogP contribution in [0.2, 0.25) is 0 Å². The van der Waals surface area contributed by atoms with Gasteiger partial charge in [-0.1, -0.05) is 12.1 Å². The first-order valence-electron chi connectivity index (χ1n) is 9.64. The number of aryl methyl sites for hydroxylation is 1. The Morgan fingerprint density at radius 1 is 1.38 bits per heavy atom. The van der Waals surface area contributed by atoms with Crippen molar-refractivity contribution in [1.29, 1.82) is 0 Å². The second-order valence-electron chi connectivity index (χ2n) is 6.88. The quantitative estimate of drug-likeness (QED) is 0.352. The molecule has 0 aliphatic carbocycles. The number of aromatic nitrogens is 1. The number of halogens is 2. The molecule has 1 aromatic heterocycles. The Morgan fingerprint density at radius 2 is 2.21 bits per heavy atom. The van der Waals surface area contributed by atoms with E-state index in [1.165, 1.54) is 6.07 Å². The Kier molecular flexibility index (Phi) is 8.94. The van der Waals surface area contributed by atoms with Crippen LogP contribution in [0.5, 0.6) is 5.75 Å². The van der Waals surface area contributed by atoms with Crippen LogP contribution in [0.1, 0.15) is 24.5 Å². The first kappa shape index (κ1) is 23.2. The summed E-state index contributed by atoms with van der Waals surface area (Å²) in [6, 6.07) is 9.34. The molecule has 0 radical (unpaired) electrons. The van der Waals surface area contributed by atoms with E-state index in [1.807, 2.05) is 30.9 Å². The maximum absolute atomic E-state index is 14.0. The topological polar surface area (TPSA) is 61.8 Å². The maximum atomic E-state index is 14.0. The number of aliphatic imine (C=N–C) groups is 1. The molecule has 158 valence electrons. The number of nitrogens with zero attached hydrogens (tertiary/aromatic N) is 3. The summed E-state index contributed by atoms with van der Waals surface area (Å²) in [5.41, 5.74) is 2.22. The van der Waals surface area contributed by atoms with Crippen LogP contribution in [-0.2, 0) is 6.54 Å². The van der Waals surface area contributed by atoms with Crippen LogP contribution in [0.15, 0.2) is 41.5 Å². The van der Waals surface area contributed by atoms with Gasteiger partial charge in [0.25, 0.3) is 0 Å². The molecule has 0 bridgehead atoms. The first-order valence-corrected chi connectivity index (χ1v) is 9.64. The molecule has 6 nitrogen and oxygen atoms in total. The van der Waals surface area contributed by atoms with Crippen molar-refractivity contribution >= 4 is 35.8 Å². The van der Waals surface area contributed by atoms with Crippen molar-refractivity contribution in [3.8, 4) is 5.75 Å². The Balaban J connectivity index is 0.00000300. The van der Waals surface area contributed by atoms with E-state index >= 15 is 0 Å². The Labute approximate surface area is 189 Å². The van der Waals surface area contributed by atoms with Gasteiger partial charge in [-0.3, -0.25) is 0 Å². The third-order valence-corrected chi connectivity index (χ3v) is 4.79. The van der Waals surface area contributed by atoms with Crippen molar-refractivity contribution in [2.24, 2.45) is 4.99 Å². The fourth-order valence-corrected chi connectivity index (χ4v) is 3.40. The lowest BCUT2D eigenvalue weighted by Gasteiger charge is -2.20. The molecular formula is C21H29FIN5O. The molecular weight excluding hydrogens is 484 g/mol. The summed E-state index contributed by atoms with van der Waals surface area (Å²) in [5, 5.41) is 6.75. The molecule has 2 aromatic rings. The zero-order chi connectivity index (χ0) is 19.9. The highest BCUT2D eigenvalue weighted by atomic mass is 127. The van der Waals surface area contributed by atoms with Crippen LogP contribution in [0.3, 0.4) is 0 Å². The number of rotatable bonds is 6. The predicted octanol–water partition coefficient (Wildman–Crippen LogP) is 3.49. The number of hydrogen-bond acceptors (Lipinski definition) is 4. The number of nitrogens with one attached hydrogen (secondary N) is 2. The van der Waals surface area contributed by atoms with E-state index in [2.05, 4.69) is 21.7 Å². The van der Waals surface area contributed by atoms with E-state index in [4.69, 9.17) is 9.73 Å². The van der Waals surface area contributed by atoms with E-state index in [0.29, 0.717) is 18.9 Å². The molecule has 29 heavy (non-hydrogen) atoms. The molecule has 0 amide bonds. The lowest BCUT2D eigenvalue weighted by atomic mass is 10.1. The lowest BCUT2D eigenvalue weighted by Crippen LogP contribution is -2.44. The number of hydrogen-bond donors (Lipinski definition) is 2. The minimum atomic E-state index is -0.279. The molecule has 1 atom stereocenters. The van der Waals surface area contributed by atoms with E-state index in [9.17, 15) is 4.39 Å². The SMILES string of the molecule is CCNC(=NCc1ccc(OC)c(C)c1)NC1CCN(c2ncccc2F)C1.I. The average Bonchev–Trinajstić information content (AvgIpc) is 3.15. The molecule has 1 aliphatic heterocycles. The van der Waals surface area contributed by atoms with Crippen LogP contribution in [-0.4, -0.2) is 43.7 Å². The van der Waals surface area contributed by atoms with Crippen LogP contribution >= 0.6 is 24.0 Å². The number of guanidine groups is 1. The average molecular weight is 513 g/mol. The lowest BCUT2D eigenvalue weighted by molar-refractivity contribution is 0.411. The fourth-order valence-electron chi connectivity index (χ4n) is 3.40. The van der Waals surface area contributed by atoms with Gasteiger partial charge in [0.05, 0.1) is 13.7 Å². The normalized spacial score (nSPS) is 16.3. The van der Waals surface area contributed by atoms with Gasteiger partial charge in [0.1, 0.15) is 5.75 Å². The second kappa shape index (κ2) is 11.2. The van der Waals surface area contributed by atoms with Gasteiger partial charge in [-0.15, -0.1) is 24.0 Å². The fraction of sp³-hybridized carbons (Fsp3) is 0.429. The maximum Gasteiger partial charge on any atom is 0.191 e. The molecule has 1 unspecified atom stereocenters. The van der Waals surface area contributed by atoms with Gasteiger partial charge in [0.2, 0.25) is 0 Å². The highest BCUT2D eigenvalue weighted by Gasteiger charge is 2.25. The summed E-state index contributed by atoms with van der Waals surface area (Å²) in [6.45, 7) is 6.88. The molecule has 1 fully saturated rings. The second-order valence-corrected chi connectivity index (χ2v) is 6.88. The van der Waals surface area contributed by atoms with Crippen molar-refractivity contribution < 1.29 is 9.13 Å². The smallest absolute Gasteiger partial charge is 0.191 e. The summed E-state index contributed by atoms with van der Waals surface area (Å²) in [6.07, 6.45) is 2.53. The molecule has 1 saturated heterocycles. The summed E-state index contributed by atoms with van der Waals surface area (Å²) in [4.78, 5) is 10.9. The van der Waals surface area contributed by atoms with Crippen molar-refractivity contribution in [3.63, 3.8) is 0 Å². The molecule has 8 heteroatoms. The third kappa shape index (κ3) is 6.19. The highest BCUT2D eigenvalue weighted by molar-refractivity contribution is 14.0. The molecule has 2 heterocycles. The largest absolute Gasteiger partial charge is 0.496 e. The van der Waals surface area contributed by atoms with Crippen molar-refractivity contribution in [1.82, 2.24) is 15.6 Å². The molecule has 0 spiro atoms. The summed E-state index contributed by atoms with van der Waals surface area (Å²) in [7, 11) is 1.68. The third-order valence-electron chi connectivity index (χ3n) is 4.79. The predicted molar refractivity (Wildman–Crippen MR) is 126 cm³/mol. The summed E-state index contributed by atoms with van der Waals surface area (Å²) >= 11 is 0. The standard InChI is InChI=1S/C21H28FN5O.HI/c1-4-23-21(25-13-16-7-8-19(28-3)15(2)12-16)26-17-9-11-27(14-17)20-18(22)6-5-10-24-20;/h5-8,10,12,17H,4,9,11,13-14H2,1-3H3,(H2,23,25,26);1H. The van der Waals surface area contributed by atoms with Gasteiger partial charge in [0.15, 0.2) is 17.6 Å². The van der Waals surface area contributed by atoms with Crippen LogP contribution in [0, 0.1) is 12.7 Å². The minimum Gasteiger partial charge on any atom is -0.496 e. The van der Waals surface area contributed by atoms with E-state index in [1.54, 1.807) is 19.4 Å². The monoisotopic (exact) mass is 513 g/mol. The van der Waals surface area contributed by atoms with Crippen LogP contribution in [0.25, 0.3) is 0 Å². The Morgan fingerprint density at radius 3 is 2.90 bits per heavy atom. The number of ether oxygens (including phenoxy) is 1. The van der Waals surface area contributed by atoms with Gasteiger partial charge in [-0.25, -0.2) is 14.4 Å². The Hall–Kier alpha value is -2.10. The van der Waals surface area contributed by atoms with Crippen LogP contribution in [0.4, 0.5) is 10.2 Å². The minimum absolute atomic E-state index is 0. The van der Waals surface area contributed by atoms with Gasteiger partial charge < -0.3 is 20.3 Å². The van der Waals surface area contributed by atoms with Crippen LogP contribution < -0.4 is 20.3 Å². The number of methoxy groups -OCH3 is 1. The molecule has 1 aliphatic rings. The number of benzene rings is 1. The van der Waals surface area contributed by atoms with Gasteiger partial charge in [0, 0.05) is 31.9 Å². The van der Waals surface area contributed by atoms with E-state index < -0.39 is 0 Å².